The number of nitrogens with zero attached hydrogens (tertiary/aromatic N) is 3. The lowest BCUT2D eigenvalue weighted by Crippen LogP contribution is -2.52. The normalized spacial score (nSPS) is 24.2. The van der Waals surface area contributed by atoms with Crippen LogP contribution in [0.25, 0.3) is 0 Å². The Bertz CT molecular complexity index is 290. The standard InChI is InChI=1S/C10H17F3N4/c11-10(12,13)7-16-3-5-17(6-4-16)9(14)15-8-1-2-8/h8H,1-7H2,(H2,14,15). The highest BCUT2D eigenvalue weighted by atomic mass is 19.4. The molecule has 0 radical (unpaired) electrons. The van der Waals surface area contributed by atoms with Crippen molar-refractivity contribution in [3.8, 4) is 0 Å². The van der Waals surface area contributed by atoms with Crippen molar-refractivity contribution in [2.45, 2.75) is 25.1 Å². The molecule has 1 heterocycles. The van der Waals surface area contributed by atoms with Crippen molar-refractivity contribution in [3.05, 3.63) is 0 Å². The molecule has 2 rings (SSSR count). The van der Waals surface area contributed by atoms with E-state index in [0.717, 1.165) is 12.8 Å². The summed E-state index contributed by atoms with van der Waals surface area (Å²) in [5, 5.41) is 0. The lowest BCUT2D eigenvalue weighted by atomic mass is 10.3. The lowest BCUT2D eigenvalue weighted by Gasteiger charge is -2.35. The van der Waals surface area contributed by atoms with Crippen molar-refractivity contribution < 1.29 is 13.2 Å². The van der Waals surface area contributed by atoms with Crippen LogP contribution in [0.4, 0.5) is 13.2 Å². The van der Waals surface area contributed by atoms with Crippen LogP contribution in [0.3, 0.4) is 0 Å². The minimum absolute atomic E-state index is 0.350. The maximum atomic E-state index is 12.2. The van der Waals surface area contributed by atoms with Crippen molar-refractivity contribution in [3.63, 3.8) is 0 Å². The monoisotopic (exact) mass is 250 g/mol. The van der Waals surface area contributed by atoms with Gasteiger partial charge in [0.15, 0.2) is 5.96 Å². The summed E-state index contributed by atoms with van der Waals surface area (Å²) in [6, 6.07) is 0.350. The topological polar surface area (TPSA) is 44.9 Å². The Morgan fingerprint density at radius 3 is 2.24 bits per heavy atom. The van der Waals surface area contributed by atoms with E-state index in [9.17, 15) is 13.2 Å². The zero-order chi connectivity index (χ0) is 12.5. The maximum Gasteiger partial charge on any atom is 0.401 e. The van der Waals surface area contributed by atoms with Gasteiger partial charge in [-0.15, -0.1) is 0 Å². The molecule has 1 aliphatic carbocycles. The highest BCUT2D eigenvalue weighted by molar-refractivity contribution is 5.78. The summed E-state index contributed by atoms with van der Waals surface area (Å²) in [4.78, 5) is 7.56. The fourth-order valence-corrected chi connectivity index (χ4v) is 1.86. The van der Waals surface area contributed by atoms with E-state index in [-0.39, 0.29) is 0 Å². The van der Waals surface area contributed by atoms with Crippen LogP contribution < -0.4 is 5.73 Å². The average molecular weight is 250 g/mol. The number of piperazine rings is 1. The first-order valence-corrected chi connectivity index (χ1v) is 5.81. The Morgan fingerprint density at radius 1 is 1.18 bits per heavy atom. The molecule has 1 saturated carbocycles. The van der Waals surface area contributed by atoms with Gasteiger partial charge in [-0.25, -0.2) is 4.99 Å². The van der Waals surface area contributed by atoms with Crippen molar-refractivity contribution in [1.82, 2.24) is 9.80 Å². The number of aliphatic imine (C=N–C) groups is 1. The zero-order valence-electron chi connectivity index (χ0n) is 9.58. The Kier molecular flexibility index (Phi) is 3.46. The van der Waals surface area contributed by atoms with Crippen molar-refractivity contribution in [2.75, 3.05) is 32.7 Å². The van der Waals surface area contributed by atoms with Gasteiger partial charge in [-0.05, 0) is 12.8 Å². The van der Waals surface area contributed by atoms with Crippen LogP contribution in [0.1, 0.15) is 12.8 Å². The second-order valence-electron chi connectivity index (χ2n) is 4.60. The second kappa shape index (κ2) is 4.72. The molecule has 0 atom stereocenters. The smallest absolute Gasteiger partial charge is 0.370 e. The van der Waals surface area contributed by atoms with Gasteiger partial charge in [0, 0.05) is 26.2 Å². The number of nitrogens with two attached hydrogens (primary N) is 1. The summed E-state index contributed by atoms with van der Waals surface area (Å²) in [5.41, 5.74) is 5.80. The Balaban J connectivity index is 1.77. The van der Waals surface area contributed by atoms with Crippen molar-refractivity contribution in [2.24, 2.45) is 10.7 Å². The first kappa shape index (κ1) is 12.5. The average Bonchev–Trinajstić information content (AvgIpc) is 3.00. The van der Waals surface area contributed by atoms with Crippen LogP contribution in [0.5, 0.6) is 0 Å². The van der Waals surface area contributed by atoms with Crippen LogP contribution in [0, 0.1) is 0 Å². The molecule has 0 amide bonds. The summed E-state index contributed by atoms with van der Waals surface area (Å²) < 4.78 is 36.5. The van der Waals surface area contributed by atoms with Crippen molar-refractivity contribution in [1.29, 1.82) is 0 Å². The van der Waals surface area contributed by atoms with E-state index >= 15 is 0 Å². The van der Waals surface area contributed by atoms with Crippen molar-refractivity contribution >= 4 is 5.96 Å². The fraction of sp³-hybridized carbons (Fsp3) is 0.900. The third kappa shape index (κ3) is 4.07. The number of halogens is 3. The van der Waals surface area contributed by atoms with E-state index < -0.39 is 12.7 Å². The van der Waals surface area contributed by atoms with E-state index in [1.807, 2.05) is 4.90 Å². The van der Waals surface area contributed by atoms with E-state index in [4.69, 9.17) is 5.73 Å². The number of rotatable bonds is 2. The number of alkyl halides is 3. The quantitative estimate of drug-likeness (QED) is 0.578. The van der Waals surface area contributed by atoms with Gasteiger partial charge in [-0.1, -0.05) is 0 Å². The first-order valence-electron chi connectivity index (χ1n) is 5.81. The molecule has 0 spiro atoms. The molecule has 2 aliphatic rings. The van der Waals surface area contributed by atoms with Crippen LogP contribution in [0.15, 0.2) is 4.99 Å². The number of hydrogen-bond donors (Lipinski definition) is 1. The molecule has 4 nitrogen and oxygen atoms in total. The van der Waals surface area contributed by atoms with Crippen LogP contribution in [0.2, 0.25) is 0 Å². The van der Waals surface area contributed by atoms with Gasteiger partial charge in [0.1, 0.15) is 0 Å². The minimum atomic E-state index is -4.12. The third-order valence-corrected chi connectivity index (χ3v) is 2.96. The van der Waals surface area contributed by atoms with E-state index in [1.54, 1.807) is 0 Å². The molecule has 0 aromatic heterocycles. The summed E-state index contributed by atoms with van der Waals surface area (Å²) in [6.07, 6.45) is -1.96. The van der Waals surface area contributed by atoms with Gasteiger partial charge in [0.05, 0.1) is 12.6 Å². The number of guanidine groups is 1. The van der Waals surface area contributed by atoms with Gasteiger partial charge < -0.3 is 10.6 Å². The summed E-state index contributed by atoms with van der Waals surface area (Å²) in [6.45, 7) is 0.998. The van der Waals surface area contributed by atoms with Crippen LogP contribution in [-0.4, -0.2) is 60.7 Å². The summed E-state index contributed by atoms with van der Waals surface area (Å²) in [5.74, 6) is 0.485. The minimum Gasteiger partial charge on any atom is -0.370 e. The van der Waals surface area contributed by atoms with Gasteiger partial charge in [-0.3, -0.25) is 4.90 Å². The molecule has 0 unspecified atom stereocenters. The van der Waals surface area contributed by atoms with Gasteiger partial charge in [0.2, 0.25) is 0 Å². The van der Waals surface area contributed by atoms with E-state index in [2.05, 4.69) is 4.99 Å². The molecule has 0 bridgehead atoms. The Labute approximate surface area is 98.3 Å². The van der Waals surface area contributed by atoms with Gasteiger partial charge >= 0.3 is 6.18 Å². The molecule has 2 N–H and O–H groups in total. The molecule has 7 heteroatoms. The fourth-order valence-electron chi connectivity index (χ4n) is 1.86. The third-order valence-electron chi connectivity index (χ3n) is 2.96. The first-order chi connectivity index (χ1) is 7.94. The van der Waals surface area contributed by atoms with E-state index in [1.165, 1.54) is 4.90 Å². The summed E-state index contributed by atoms with van der Waals surface area (Å²) in [7, 11) is 0. The number of hydrogen-bond acceptors (Lipinski definition) is 2. The molecule has 0 aromatic rings. The molecular weight excluding hydrogens is 233 g/mol. The predicted octanol–water partition coefficient (Wildman–Crippen LogP) is 0.643. The molecule has 98 valence electrons. The SMILES string of the molecule is NC(=NC1CC1)N1CCN(CC(F)(F)F)CC1. The molecular formula is C10H17F3N4. The predicted molar refractivity (Wildman–Crippen MR) is 58.7 cm³/mol. The highest BCUT2D eigenvalue weighted by Crippen LogP contribution is 2.23. The van der Waals surface area contributed by atoms with Gasteiger partial charge in [0.25, 0.3) is 0 Å². The van der Waals surface area contributed by atoms with E-state index in [0.29, 0.717) is 38.2 Å². The summed E-state index contributed by atoms with van der Waals surface area (Å²) >= 11 is 0. The lowest BCUT2D eigenvalue weighted by molar-refractivity contribution is -0.148. The molecule has 1 saturated heterocycles. The van der Waals surface area contributed by atoms with Crippen LogP contribution in [-0.2, 0) is 0 Å². The molecule has 0 aromatic carbocycles. The Morgan fingerprint density at radius 2 is 1.76 bits per heavy atom. The van der Waals surface area contributed by atoms with Gasteiger partial charge in [-0.2, -0.15) is 13.2 Å². The molecule has 17 heavy (non-hydrogen) atoms. The highest BCUT2D eigenvalue weighted by Gasteiger charge is 2.32. The maximum absolute atomic E-state index is 12.2. The Hall–Kier alpha value is -0.980. The largest absolute Gasteiger partial charge is 0.401 e. The second-order valence-corrected chi connectivity index (χ2v) is 4.60. The zero-order valence-corrected chi connectivity index (χ0v) is 9.58. The van der Waals surface area contributed by atoms with Crippen LogP contribution >= 0.6 is 0 Å². The molecule has 2 fully saturated rings. The molecule has 1 aliphatic heterocycles.